The number of nitrogens with zero attached hydrogens (tertiary/aromatic N) is 4. The molecule has 0 saturated carbocycles. The van der Waals surface area contributed by atoms with Gasteiger partial charge in [0.25, 0.3) is 0 Å². The van der Waals surface area contributed by atoms with Crippen LogP contribution in [0.25, 0.3) is 22.1 Å². The highest BCUT2D eigenvalue weighted by Gasteiger charge is 2.23. The molecule has 6 nitrogen and oxygen atoms in total. The van der Waals surface area contributed by atoms with Gasteiger partial charge in [-0.2, -0.15) is 0 Å². The molecule has 0 aliphatic rings. The molecule has 35 heavy (non-hydrogen) atoms. The van der Waals surface area contributed by atoms with Gasteiger partial charge < -0.3 is 9.88 Å². The lowest BCUT2D eigenvalue weighted by Gasteiger charge is -2.18. The van der Waals surface area contributed by atoms with Crippen LogP contribution in [-0.4, -0.2) is 30.9 Å². The van der Waals surface area contributed by atoms with E-state index in [9.17, 15) is 4.79 Å². The largest absolute Gasteiger partial charge is 0.349 e. The Morgan fingerprint density at radius 1 is 0.943 bits per heavy atom. The quantitative estimate of drug-likeness (QED) is 0.285. The molecule has 5 aromatic rings. The van der Waals surface area contributed by atoms with Gasteiger partial charge in [-0.05, 0) is 30.5 Å². The average molecular weight is 482 g/mol. The molecule has 0 aliphatic carbocycles. The van der Waals surface area contributed by atoms with Crippen molar-refractivity contribution >= 4 is 39.7 Å². The van der Waals surface area contributed by atoms with Crippen LogP contribution in [0.15, 0.2) is 90.1 Å². The molecule has 0 aliphatic heterocycles. The number of hydrogen-bond acceptors (Lipinski definition) is 5. The van der Waals surface area contributed by atoms with Crippen molar-refractivity contribution in [3.8, 4) is 0 Å². The van der Waals surface area contributed by atoms with Crippen LogP contribution in [0.4, 0.5) is 0 Å². The number of fused-ring (bicyclic) bond motifs is 3. The molecule has 7 heteroatoms. The summed E-state index contributed by atoms with van der Waals surface area (Å²) in [7, 11) is 0. The van der Waals surface area contributed by atoms with Crippen molar-refractivity contribution in [2.75, 3.05) is 0 Å². The van der Waals surface area contributed by atoms with E-state index in [1.54, 1.807) is 0 Å². The highest BCUT2D eigenvalue weighted by molar-refractivity contribution is 8.00. The molecule has 2 atom stereocenters. The number of thioether (sulfide) groups is 1. The molecule has 1 N–H and O–H groups in total. The van der Waals surface area contributed by atoms with Crippen molar-refractivity contribution in [3.63, 3.8) is 0 Å². The Balaban J connectivity index is 1.43. The summed E-state index contributed by atoms with van der Waals surface area (Å²) in [6.45, 7) is 4.68. The summed E-state index contributed by atoms with van der Waals surface area (Å²) in [5.74, 6) is -0.0256. The minimum atomic E-state index is -0.313. The van der Waals surface area contributed by atoms with Gasteiger partial charge in [0.2, 0.25) is 11.1 Å². The Labute approximate surface area is 208 Å². The molecule has 176 valence electrons. The Morgan fingerprint density at radius 3 is 2.37 bits per heavy atom. The van der Waals surface area contributed by atoms with Gasteiger partial charge in [-0.25, -0.2) is 4.98 Å². The van der Waals surface area contributed by atoms with E-state index in [0.29, 0.717) is 18.1 Å². The van der Waals surface area contributed by atoms with E-state index in [-0.39, 0.29) is 17.2 Å². The maximum Gasteiger partial charge on any atom is 0.234 e. The number of aromatic nitrogens is 4. The summed E-state index contributed by atoms with van der Waals surface area (Å²) in [6.07, 6.45) is 0.659. The van der Waals surface area contributed by atoms with Crippen LogP contribution in [0.3, 0.4) is 0 Å². The molecule has 0 saturated heterocycles. The zero-order chi connectivity index (χ0) is 24.2. The van der Waals surface area contributed by atoms with E-state index in [4.69, 9.17) is 4.98 Å². The van der Waals surface area contributed by atoms with Crippen molar-refractivity contribution < 1.29 is 4.79 Å². The molecular weight excluding hydrogens is 454 g/mol. The van der Waals surface area contributed by atoms with Gasteiger partial charge in [0.05, 0.1) is 16.8 Å². The van der Waals surface area contributed by atoms with Crippen LogP contribution in [0, 0.1) is 0 Å². The monoisotopic (exact) mass is 481 g/mol. The van der Waals surface area contributed by atoms with Crippen LogP contribution < -0.4 is 5.32 Å². The summed E-state index contributed by atoms with van der Waals surface area (Å²) in [5.41, 5.74) is 4.88. The molecule has 5 rings (SSSR count). The van der Waals surface area contributed by atoms with Gasteiger partial charge in [-0.1, -0.05) is 97.5 Å². The summed E-state index contributed by atoms with van der Waals surface area (Å²) in [5, 5.41) is 13.3. The molecular formula is C28H27N5OS. The molecule has 2 unspecified atom stereocenters. The Hall–Kier alpha value is -3.71. The van der Waals surface area contributed by atoms with Gasteiger partial charge in [0.1, 0.15) is 5.52 Å². The van der Waals surface area contributed by atoms with Crippen molar-refractivity contribution in [3.05, 3.63) is 96.1 Å². The number of amides is 1. The molecule has 3 aromatic carbocycles. The molecule has 0 fully saturated rings. The number of rotatable bonds is 8. The van der Waals surface area contributed by atoms with Crippen molar-refractivity contribution in [2.24, 2.45) is 0 Å². The number of carbonyl (C=O) groups excluding carboxylic acids is 1. The number of carbonyl (C=O) groups is 1. The summed E-state index contributed by atoms with van der Waals surface area (Å²) >= 11 is 1.36. The Bertz CT molecular complexity index is 1450. The third kappa shape index (κ3) is 4.91. The second kappa shape index (κ2) is 10.3. The lowest BCUT2D eigenvalue weighted by atomic mass is 10.1. The predicted molar refractivity (Wildman–Crippen MR) is 141 cm³/mol. The molecule has 1 amide bonds. The molecule has 0 spiro atoms. The van der Waals surface area contributed by atoms with Gasteiger partial charge in [-0.15, -0.1) is 10.2 Å². The topological polar surface area (TPSA) is 72.7 Å². The second-order valence-corrected chi connectivity index (χ2v) is 9.68. The third-order valence-electron chi connectivity index (χ3n) is 6.11. The predicted octanol–water partition coefficient (Wildman–Crippen LogP) is 5.78. The molecule has 0 bridgehead atoms. The SMILES string of the molecule is CCC(Sc1nnc2c3ccccc3n(Cc3ccccc3)c2n1)C(=O)NC(C)c1ccccc1. The van der Waals surface area contributed by atoms with Gasteiger partial charge in [0.15, 0.2) is 5.65 Å². The van der Waals surface area contributed by atoms with Crippen molar-refractivity contribution in [2.45, 2.75) is 43.3 Å². The minimum Gasteiger partial charge on any atom is -0.349 e. The molecule has 0 radical (unpaired) electrons. The van der Waals surface area contributed by atoms with E-state index in [1.807, 2.05) is 74.5 Å². The van der Waals surface area contributed by atoms with Crippen LogP contribution in [0.1, 0.15) is 37.4 Å². The van der Waals surface area contributed by atoms with E-state index >= 15 is 0 Å². The second-order valence-electron chi connectivity index (χ2n) is 8.51. The van der Waals surface area contributed by atoms with Gasteiger partial charge in [-0.3, -0.25) is 4.79 Å². The highest BCUT2D eigenvalue weighted by atomic mass is 32.2. The Kier molecular flexibility index (Phi) is 6.77. The van der Waals surface area contributed by atoms with Gasteiger partial charge >= 0.3 is 0 Å². The Morgan fingerprint density at radius 2 is 1.63 bits per heavy atom. The van der Waals surface area contributed by atoms with Crippen molar-refractivity contribution in [1.29, 1.82) is 0 Å². The van der Waals surface area contributed by atoms with E-state index in [0.717, 1.165) is 27.6 Å². The number of benzene rings is 3. The van der Waals surface area contributed by atoms with Crippen LogP contribution in [0.2, 0.25) is 0 Å². The molecule has 2 aromatic heterocycles. The van der Waals surface area contributed by atoms with E-state index in [1.165, 1.54) is 17.3 Å². The summed E-state index contributed by atoms with van der Waals surface area (Å²) in [6, 6.07) is 28.4. The smallest absolute Gasteiger partial charge is 0.234 e. The zero-order valence-corrected chi connectivity index (χ0v) is 20.6. The maximum absolute atomic E-state index is 13.1. The standard InChI is InChI=1S/C28H27N5OS/c1-3-24(27(34)29-19(2)21-14-8-5-9-15-21)35-28-30-26-25(31-32-28)22-16-10-11-17-23(22)33(26)18-20-12-6-4-7-13-20/h4-17,19,24H,3,18H2,1-2H3,(H,29,34). The first-order chi connectivity index (χ1) is 17.1. The normalized spacial score (nSPS) is 13.1. The van der Waals surface area contributed by atoms with Gasteiger partial charge in [0, 0.05) is 11.9 Å². The lowest BCUT2D eigenvalue weighted by Crippen LogP contribution is -2.34. The number of para-hydroxylation sites is 1. The minimum absolute atomic E-state index is 0.0256. The highest BCUT2D eigenvalue weighted by Crippen LogP contribution is 2.30. The fourth-order valence-corrected chi connectivity index (χ4v) is 5.07. The fraction of sp³-hybridized carbons (Fsp3) is 0.214. The van der Waals surface area contributed by atoms with Crippen molar-refractivity contribution in [1.82, 2.24) is 25.1 Å². The fourth-order valence-electron chi connectivity index (χ4n) is 4.25. The third-order valence-corrected chi connectivity index (χ3v) is 7.32. The maximum atomic E-state index is 13.1. The summed E-state index contributed by atoms with van der Waals surface area (Å²) in [4.78, 5) is 18.0. The van der Waals surface area contributed by atoms with Crippen LogP contribution in [0.5, 0.6) is 0 Å². The lowest BCUT2D eigenvalue weighted by molar-refractivity contribution is -0.121. The molecule has 2 heterocycles. The first-order valence-electron chi connectivity index (χ1n) is 11.8. The van der Waals surface area contributed by atoms with Crippen LogP contribution in [-0.2, 0) is 11.3 Å². The average Bonchev–Trinajstić information content (AvgIpc) is 3.21. The zero-order valence-electron chi connectivity index (χ0n) is 19.8. The number of hydrogen-bond donors (Lipinski definition) is 1. The number of nitrogens with one attached hydrogen (secondary N) is 1. The first-order valence-corrected chi connectivity index (χ1v) is 12.7. The first kappa shape index (κ1) is 23.1. The van der Waals surface area contributed by atoms with E-state index in [2.05, 4.69) is 44.3 Å². The van der Waals surface area contributed by atoms with Crippen LogP contribution >= 0.6 is 11.8 Å². The van der Waals surface area contributed by atoms with E-state index < -0.39 is 0 Å². The summed E-state index contributed by atoms with van der Waals surface area (Å²) < 4.78 is 2.18.